The molecule has 3 unspecified atom stereocenters. The molecule has 4 aliphatic heterocycles. The number of nitrogens with one attached hydrogen (secondary N) is 1. The number of piperidine rings is 2. The van der Waals surface area contributed by atoms with Crippen LogP contribution in [-0.4, -0.2) is 65.0 Å². The number of ether oxygens (including phenoxy) is 2. The molecular weight excluding hydrogens is 438 g/mol. The third-order valence-corrected chi connectivity index (χ3v) is 7.59. The van der Waals surface area contributed by atoms with E-state index in [0.717, 1.165) is 23.3 Å². The van der Waals surface area contributed by atoms with Crippen LogP contribution in [0, 0.1) is 5.92 Å². The van der Waals surface area contributed by atoms with E-state index < -0.39 is 17.6 Å². The number of benzene rings is 1. The Balaban J connectivity index is 1.38. The lowest BCUT2D eigenvalue weighted by Crippen LogP contribution is -2.52. The highest BCUT2D eigenvalue weighted by Crippen LogP contribution is 2.51. The zero-order valence-corrected chi connectivity index (χ0v) is 20.1. The Kier molecular flexibility index (Phi) is 5.15. The van der Waals surface area contributed by atoms with Crippen LogP contribution in [0.4, 0.5) is 4.79 Å². The number of likely N-dealkylation sites (tertiary alicyclic amines) is 1. The van der Waals surface area contributed by atoms with Crippen LogP contribution in [0.15, 0.2) is 12.1 Å². The summed E-state index contributed by atoms with van der Waals surface area (Å²) in [6, 6.07) is 3.16. The minimum atomic E-state index is -0.653. The molecule has 0 aliphatic carbocycles. The molecule has 4 aliphatic rings. The van der Waals surface area contributed by atoms with Gasteiger partial charge >= 0.3 is 6.09 Å². The molecule has 4 amide bonds. The summed E-state index contributed by atoms with van der Waals surface area (Å²) in [5.41, 5.74) is 1.65. The first kappa shape index (κ1) is 22.7. The molecule has 1 aromatic carbocycles. The Hall–Kier alpha value is -3.10. The Morgan fingerprint density at radius 1 is 1.24 bits per heavy atom. The lowest BCUT2D eigenvalue weighted by Gasteiger charge is -2.43. The average molecular weight is 470 g/mol. The van der Waals surface area contributed by atoms with E-state index in [0.29, 0.717) is 31.7 Å². The van der Waals surface area contributed by atoms with E-state index in [1.54, 1.807) is 9.80 Å². The van der Waals surface area contributed by atoms with Crippen LogP contribution in [0.3, 0.4) is 0 Å². The zero-order chi connectivity index (χ0) is 24.4. The maximum absolute atomic E-state index is 13.1. The summed E-state index contributed by atoms with van der Waals surface area (Å²) in [6.45, 7) is 9.63. The Labute approximate surface area is 198 Å². The quantitative estimate of drug-likeness (QED) is 0.633. The van der Waals surface area contributed by atoms with Gasteiger partial charge in [0.15, 0.2) is 0 Å². The fraction of sp³-hybridized carbons (Fsp3) is 0.600. The van der Waals surface area contributed by atoms with Crippen LogP contribution in [-0.2, 0) is 26.3 Å². The molecule has 182 valence electrons. The Morgan fingerprint density at radius 3 is 2.68 bits per heavy atom. The predicted molar refractivity (Wildman–Crippen MR) is 121 cm³/mol. The number of fused-ring (bicyclic) bond motifs is 4. The van der Waals surface area contributed by atoms with Gasteiger partial charge in [0.05, 0.1) is 13.2 Å². The van der Waals surface area contributed by atoms with Crippen LogP contribution in [0.25, 0.3) is 0 Å². The van der Waals surface area contributed by atoms with Gasteiger partial charge in [0.25, 0.3) is 5.91 Å². The van der Waals surface area contributed by atoms with Crippen molar-refractivity contribution in [3.63, 3.8) is 0 Å². The lowest BCUT2D eigenvalue weighted by molar-refractivity contribution is -0.136. The minimum absolute atomic E-state index is 0.136. The van der Waals surface area contributed by atoms with Crippen LogP contribution in [0.5, 0.6) is 5.75 Å². The molecule has 0 bridgehead atoms. The molecule has 2 fully saturated rings. The van der Waals surface area contributed by atoms with Gasteiger partial charge in [-0.25, -0.2) is 4.79 Å². The third-order valence-electron chi connectivity index (χ3n) is 7.59. The van der Waals surface area contributed by atoms with Crippen molar-refractivity contribution in [3.05, 3.63) is 28.8 Å². The molecule has 9 heteroatoms. The number of amides is 4. The van der Waals surface area contributed by atoms with Crippen molar-refractivity contribution >= 4 is 23.8 Å². The molecule has 3 atom stereocenters. The SMILES string of the molecule is CC1CN(C(=O)OC(C)(C)C)CCC12COc1c2ccc2c1CN(C1CCC(=O)NC1=O)C2=O. The van der Waals surface area contributed by atoms with Crippen molar-refractivity contribution in [2.24, 2.45) is 5.92 Å². The van der Waals surface area contributed by atoms with Crippen molar-refractivity contribution in [3.8, 4) is 5.75 Å². The Morgan fingerprint density at radius 2 is 2.00 bits per heavy atom. The van der Waals surface area contributed by atoms with Gasteiger partial charge < -0.3 is 19.3 Å². The number of carbonyl (C=O) groups excluding carboxylic acids is 4. The third kappa shape index (κ3) is 3.52. The van der Waals surface area contributed by atoms with Gasteiger partial charge in [-0.2, -0.15) is 0 Å². The second kappa shape index (κ2) is 7.71. The van der Waals surface area contributed by atoms with Crippen molar-refractivity contribution in [1.29, 1.82) is 0 Å². The molecular formula is C25H31N3O6. The van der Waals surface area contributed by atoms with E-state index in [4.69, 9.17) is 9.47 Å². The van der Waals surface area contributed by atoms with E-state index in [9.17, 15) is 19.2 Å². The summed E-state index contributed by atoms with van der Waals surface area (Å²) in [6.07, 6.45) is 0.992. The molecule has 2 saturated heterocycles. The number of nitrogens with zero attached hydrogens (tertiary/aromatic N) is 2. The van der Waals surface area contributed by atoms with Crippen LogP contribution >= 0.6 is 0 Å². The highest BCUT2D eigenvalue weighted by molar-refractivity contribution is 6.05. The fourth-order valence-electron chi connectivity index (χ4n) is 5.73. The van der Waals surface area contributed by atoms with Gasteiger partial charge in [0.1, 0.15) is 17.4 Å². The topological polar surface area (TPSA) is 105 Å². The van der Waals surface area contributed by atoms with Crippen LogP contribution in [0.2, 0.25) is 0 Å². The monoisotopic (exact) mass is 469 g/mol. The maximum atomic E-state index is 13.1. The average Bonchev–Trinajstić information content (AvgIpc) is 3.28. The van der Waals surface area contributed by atoms with E-state index in [1.165, 1.54) is 0 Å². The summed E-state index contributed by atoms with van der Waals surface area (Å²) in [4.78, 5) is 53.0. The van der Waals surface area contributed by atoms with Crippen molar-refractivity contribution in [1.82, 2.24) is 15.1 Å². The van der Waals surface area contributed by atoms with Gasteiger partial charge in [-0.05, 0) is 45.6 Å². The van der Waals surface area contributed by atoms with Gasteiger partial charge in [-0.15, -0.1) is 0 Å². The summed E-state index contributed by atoms with van der Waals surface area (Å²) < 4.78 is 11.8. The Bertz CT molecular complexity index is 1090. The predicted octanol–water partition coefficient (Wildman–Crippen LogP) is 2.35. The fourth-order valence-corrected chi connectivity index (χ4v) is 5.73. The van der Waals surface area contributed by atoms with E-state index in [1.807, 2.05) is 32.9 Å². The number of hydrogen-bond acceptors (Lipinski definition) is 6. The normalized spacial score (nSPS) is 28.5. The summed E-state index contributed by atoms with van der Waals surface area (Å²) >= 11 is 0. The van der Waals surface area contributed by atoms with E-state index in [2.05, 4.69) is 12.2 Å². The second-order valence-electron chi connectivity index (χ2n) is 10.9. The molecule has 1 aromatic rings. The maximum Gasteiger partial charge on any atom is 0.410 e. The van der Waals surface area contributed by atoms with Gasteiger partial charge in [0.2, 0.25) is 11.8 Å². The van der Waals surface area contributed by atoms with Crippen molar-refractivity contribution < 1.29 is 28.7 Å². The molecule has 0 saturated carbocycles. The zero-order valence-electron chi connectivity index (χ0n) is 20.1. The highest BCUT2D eigenvalue weighted by Gasteiger charge is 2.51. The molecule has 1 spiro atoms. The van der Waals surface area contributed by atoms with Crippen LogP contribution < -0.4 is 10.1 Å². The molecule has 1 N–H and O–H groups in total. The summed E-state index contributed by atoms with van der Waals surface area (Å²) in [7, 11) is 0. The van der Waals surface area contributed by atoms with Gasteiger partial charge in [-0.3, -0.25) is 19.7 Å². The molecule has 0 aromatic heterocycles. The first-order valence-corrected chi connectivity index (χ1v) is 11.9. The van der Waals surface area contributed by atoms with E-state index >= 15 is 0 Å². The number of rotatable bonds is 1. The smallest absolute Gasteiger partial charge is 0.410 e. The van der Waals surface area contributed by atoms with Crippen LogP contribution in [0.1, 0.15) is 68.4 Å². The molecule has 0 radical (unpaired) electrons. The van der Waals surface area contributed by atoms with Gasteiger partial charge in [-0.1, -0.05) is 13.0 Å². The van der Waals surface area contributed by atoms with Crippen molar-refractivity contribution in [2.75, 3.05) is 19.7 Å². The molecule has 5 rings (SSSR count). The molecule has 9 nitrogen and oxygen atoms in total. The number of hydrogen-bond donors (Lipinski definition) is 1. The summed E-state index contributed by atoms with van der Waals surface area (Å²) in [5, 5.41) is 2.34. The molecule has 4 heterocycles. The number of carbonyl (C=O) groups is 4. The summed E-state index contributed by atoms with van der Waals surface area (Å²) in [5.74, 6) is -0.0582. The largest absolute Gasteiger partial charge is 0.492 e. The number of imide groups is 1. The van der Waals surface area contributed by atoms with Gasteiger partial charge in [0, 0.05) is 41.6 Å². The first-order chi connectivity index (χ1) is 16.0. The van der Waals surface area contributed by atoms with E-state index in [-0.39, 0.29) is 42.2 Å². The second-order valence-corrected chi connectivity index (χ2v) is 10.9. The van der Waals surface area contributed by atoms with Crippen molar-refractivity contribution in [2.45, 2.75) is 70.6 Å². The highest BCUT2D eigenvalue weighted by atomic mass is 16.6. The molecule has 34 heavy (non-hydrogen) atoms. The minimum Gasteiger partial charge on any atom is -0.492 e. The first-order valence-electron chi connectivity index (χ1n) is 11.9. The lowest BCUT2D eigenvalue weighted by atomic mass is 9.67. The standard InChI is InChI=1S/C25H31N3O6/c1-14-11-27(23(32)34-24(2,3)4)10-9-25(14)13-33-20-16-12-28(18-7-8-19(29)26-21(18)30)22(31)15(16)5-6-17(20)25/h5-6,14,18H,7-13H2,1-4H3,(H,26,29,30).